The highest BCUT2D eigenvalue weighted by molar-refractivity contribution is 5.82. The number of benzene rings is 2. The zero-order valence-electron chi connectivity index (χ0n) is 24.4. The molecule has 4 rings (SSSR count). The van der Waals surface area contributed by atoms with Gasteiger partial charge in [-0.3, -0.25) is 14.3 Å². The van der Waals surface area contributed by atoms with Crippen molar-refractivity contribution in [3.8, 4) is 11.4 Å². The number of nitrogens with two attached hydrogens (primary N) is 1. The highest BCUT2D eigenvalue weighted by atomic mass is 16.5. The molecule has 0 radical (unpaired) electrons. The van der Waals surface area contributed by atoms with Crippen molar-refractivity contribution in [2.24, 2.45) is 5.73 Å². The molecule has 0 atom stereocenters. The van der Waals surface area contributed by atoms with Gasteiger partial charge in [0.25, 0.3) is 5.56 Å². The molecule has 2 heterocycles. The lowest BCUT2D eigenvalue weighted by Gasteiger charge is -2.34. The Hall–Kier alpha value is -2.94. The predicted octanol–water partition coefficient (Wildman–Crippen LogP) is 4.88. The highest BCUT2D eigenvalue weighted by Crippen LogP contribution is 2.25. The van der Waals surface area contributed by atoms with Crippen LogP contribution in [0.5, 0.6) is 5.75 Å². The summed E-state index contributed by atoms with van der Waals surface area (Å²) in [5.74, 6) is 1.44. The third kappa shape index (κ3) is 8.27. The summed E-state index contributed by atoms with van der Waals surface area (Å²) in [7, 11) is 0. The Balaban J connectivity index is 0.00000205. The van der Waals surface area contributed by atoms with Crippen LogP contribution in [0, 0.1) is 0 Å². The van der Waals surface area contributed by atoms with E-state index < -0.39 is 0 Å². The molecule has 1 aliphatic rings. The van der Waals surface area contributed by atoms with Crippen molar-refractivity contribution in [3.63, 3.8) is 0 Å². The summed E-state index contributed by atoms with van der Waals surface area (Å²) in [5.41, 5.74) is 7.99. The highest BCUT2D eigenvalue weighted by Gasteiger charge is 2.21. The summed E-state index contributed by atoms with van der Waals surface area (Å²) in [6, 6.07) is 13.6. The first-order valence-electron chi connectivity index (χ1n) is 14.8. The van der Waals surface area contributed by atoms with Gasteiger partial charge in [0.1, 0.15) is 11.6 Å². The van der Waals surface area contributed by atoms with E-state index in [1.165, 1.54) is 0 Å². The topological polar surface area (TPSA) is 88.7 Å². The van der Waals surface area contributed by atoms with Crippen LogP contribution >= 0.6 is 0 Å². The molecule has 3 N–H and O–H groups in total. The number of anilines is 1. The number of para-hydroxylation sites is 2. The molecule has 0 bridgehead atoms. The Bertz CT molecular complexity index is 1200. The van der Waals surface area contributed by atoms with E-state index >= 15 is 0 Å². The number of nitrogens with zero attached hydrogens (tertiary/aromatic N) is 4. The smallest absolute Gasteiger partial charge is 0.266 e. The fourth-order valence-corrected chi connectivity index (χ4v) is 4.93. The van der Waals surface area contributed by atoms with Crippen molar-refractivity contribution in [3.05, 3.63) is 58.6 Å². The van der Waals surface area contributed by atoms with Gasteiger partial charge in [0.05, 0.1) is 29.7 Å². The van der Waals surface area contributed by atoms with E-state index in [-0.39, 0.29) is 5.56 Å². The number of aromatic nitrogens is 2. The van der Waals surface area contributed by atoms with E-state index in [0.29, 0.717) is 24.3 Å². The van der Waals surface area contributed by atoms with E-state index in [1.54, 1.807) is 4.57 Å². The average molecular weight is 537 g/mol. The molecule has 8 nitrogen and oxygen atoms in total. The molecule has 214 valence electrons. The zero-order valence-corrected chi connectivity index (χ0v) is 24.4. The van der Waals surface area contributed by atoms with Gasteiger partial charge in [-0.05, 0) is 63.2 Å². The molecule has 0 spiro atoms. The van der Waals surface area contributed by atoms with Gasteiger partial charge < -0.3 is 20.7 Å². The Morgan fingerprint density at radius 3 is 2.38 bits per heavy atom. The van der Waals surface area contributed by atoms with E-state index in [4.69, 9.17) is 15.5 Å². The Labute approximate surface area is 234 Å². The number of unbranched alkanes of at least 4 members (excludes halogenated alkanes) is 3. The van der Waals surface area contributed by atoms with E-state index in [9.17, 15) is 4.79 Å². The van der Waals surface area contributed by atoms with Crippen LogP contribution in [0.15, 0.2) is 47.3 Å². The SMILES string of the molecule is CC.CCOc1ccccc1-n1c(CN2CCN(CC)CC2)nc2cc(NCCCCCCN)ccc2c1=O. The molecule has 0 aliphatic carbocycles. The third-order valence-corrected chi connectivity index (χ3v) is 7.08. The summed E-state index contributed by atoms with van der Waals surface area (Å²) in [6.07, 6.45) is 4.50. The van der Waals surface area contributed by atoms with Gasteiger partial charge in [-0.25, -0.2) is 4.98 Å². The number of nitrogens with one attached hydrogen (secondary N) is 1. The molecule has 3 aromatic rings. The number of likely N-dealkylation sites (N-methyl/N-ethyl adjacent to an activating group) is 1. The summed E-state index contributed by atoms with van der Waals surface area (Å²) < 4.78 is 7.66. The van der Waals surface area contributed by atoms with Crippen molar-refractivity contribution in [2.75, 3.05) is 57.7 Å². The first-order chi connectivity index (χ1) is 19.1. The predicted molar refractivity (Wildman–Crippen MR) is 163 cm³/mol. The van der Waals surface area contributed by atoms with Crippen LogP contribution in [-0.2, 0) is 6.54 Å². The molecule has 0 unspecified atom stereocenters. The van der Waals surface area contributed by atoms with E-state index in [0.717, 1.165) is 94.2 Å². The molecule has 1 aromatic heterocycles. The minimum Gasteiger partial charge on any atom is -0.492 e. The first kappa shape index (κ1) is 30.6. The van der Waals surface area contributed by atoms with Crippen LogP contribution in [0.1, 0.15) is 59.2 Å². The number of fused-ring (bicyclic) bond motifs is 1. The summed E-state index contributed by atoms with van der Waals surface area (Å²) in [4.78, 5) is 23.8. The fraction of sp³-hybridized carbons (Fsp3) is 0.548. The van der Waals surface area contributed by atoms with Crippen molar-refractivity contribution >= 4 is 16.6 Å². The maximum atomic E-state index is 13.9. The van der Waals surface area contributed by atoms with Gasteiger partial charge in [0, 0.05) is 38.4 Å². The molecule has 0 saturated carbocycles. The second-order valence-electron chi connectivity index (χ2n) is 9.64. The second kappa shape index (κ2) is 16.2. The van der Waals surface area contributed by atoms with Crippen LogP contribution < -0.4 is 21.3 Å². The number of rotatable bonds is 13. The second-order valence-corrected chi connectivity index (χ2v) is 9.64. The molecule has 2 aromatic carbocycles. The fourth-order valence-electron chi connectivity index (χ4n) is 4.93. The van der Waals surface area contributed by atoms with Gasteiger partial charge in [0.2, 0.25) is 0 Å². The Morgan fingerprint density at radius 2 is 1.67 bits per heavy atom. The number of ether oxygens (including phenoxy) is 1. The lowest BCUT2D eigenvalue weighted by atomic mass is 10.1. The molecular formula is C31H48N6O2. The maximum absolute atomic E-state index is 13.9. The molecule has 39 heavy (non-hydrogen) atoms. The summed E-state index contributed by atoms with van der Waals surface area (Å²) >= 11 is 0. The summed E-state index contributed by atoms with van der Waals surface area (Å²) in [6.45, 7) is 16.0. The minimum absolute atomic E-state index is 0.0623. The molecule has 0 amide bonds. The Morgan fingerprint density at radius 1 is 0.949 bits per heavy atom. The van der Waals surface area contributed by atoms with Gasteiger partial charge in [-0.2, -0.15) is 0 Å². The monoisotopic (exact) mass is 536 g/mol. The molecule has 1 aliphatic heterocycles. The zero-order chi connectivity index (χ0) is 28.0. The van der Waals surface area contributed by atoms with Crippen LogP contribution in [0.2, 0.25) is 0 Å². The largest absolute Gasteiger partial charge is 0.492 e. The minimum atomic E-state index is -0.0623. The van der Waals surface area contributed by atoms with Gasteiger partial charge in [0.15, 0.2) is 0 Å². The number of hydrogen-bond acceptors (Lipinski definition) is 7. The molecule has 1 fully saturated rings. The van der Waals surface area contributed by atoms with Gasteiger partial charge in [-0.15, -0.1) is 0 Å². The van der Waals surface area contributed by atoms with Crippen LogP contribution in [-0.4, -0.2) is 71.8 Å². The lowest BCUT2D eigenvalue weighted by Crippen LogP contribution is -2.46. The molecule has 1 saturated heterocycles. The standard InChI is InChI=1S/C29H42N6O2.C2H6/c1-3-33-17-19-34(20-18-33)22-28-32-25-21-23(31-16-10-6-5-9-15-30)13-14-24(25)29(36)35(28)26-11-7-8-12-27(26)37-4-2;1-2/h7-8,11-14,21,31H,3-6,9-10,15-20,22,30H2,1-2H3;1-2H3. The third-order valence-electron chi connectivity index (χ3n) is 7.08. The molecule has 8 heteroatoms. The van der Waals surface area contributed by atoms with E-state index in [2.05, 4.69) is 22.0 Å². The van der Waals surface area contributed by atoms with Crippen molar-refractivity contribution < 1.29 is 4.74 Å². The van der Waals surface area contributed by atoms with E-state index in [1.807, 2.05) is 63.2 Å². The lowest BCUT2D eigenvalue weighted by molar-refractivity contribution is 0.129. The van der Waals surface area contributed by atoms with Crippen LogP contribution in [0.25, 0.3) is 16.6 Å². The molecular weight excluding hydrogens is 488 g/mol. The van der Waals surface area contributed by atoms with Crippen LogP contribution in [0.3, 0.4) is 0 Å². The number of hydrogen-bond donors (Lipinski definition) is 2. The van der Waals surface area contributed by atoms with Crippen molar-refractivity contribution in [1.82, 2.24) is 19.4 Å². The van der Waals surface area contributed by atoms with Crippen molar-refractivity contribution in [2.45, 2.75) is 59.9 Å². The number of piperazine rings is 1. The maximum Gasteiger partial charge on any atom is 0.266 e. The van der Waals surface area contributed by atoms with Gasteiger partial charge >= 0.3 is 0 Å². The van der Waals surface area contributed by atoms with Gasteiger partial charge in [-0.1, -0.05) is 45.7 Å². The quantitative estimate of drug-likeness (QED) is 0.301. The van der Waals surface area contributed by atoms with Crippen molar-refractivity contribution in [1.29, 1.82) is 0 Å². The normalized spacial score (nSPS) is 14.2. The summed E-state index contributed by atoms with van der Waals surface area (Å²) in [5, 5.41) is 4.11. The first-order valence-corrected chi connectivity index (χ1v) is 14.8. The van der Waals surface area contributed by atoms with Crippen LogP contribution in [0.4, 0.5) is 5.69 Å². The Kier molecular flexibility index (Phi) is 12.7. The average Bonchev–Trinajstić information content (AvgIpc) is 2.97.